The SMILES string of the molecule is CC(C)CCC[N+]1=C(C=CC=C2N(C)c3ccc4ccccc4c3C2(C)Cc2ccccc2)C(C)(C)c2cc(Cl)ccc21. The van der Waals surface area contributed by atoms with Crippen molar-refractivity contribution in [3.63, 3.8) is 0 Å². The summed E-state index contributed by atoms with van der Waals surface area (Å²) in [7, 11) is 2.23. The lowest BCUT2D eigenvalue weighted by Gasteiger charge is -2.29. The van der Waals surface area contributed by atoms with Gasteiger partial charge in [-0.25, -0.2) is 0 Å². The molecule has 6 rings (SSSR count). The van der Waals surface area contributed by atoms with Crippen LogP contribution < -0.4 is 4.90 Å². The smallest absolute Gasteiger partial charge is 0.209 e. The van der Waals surface area contributed by atoms with Crippen molar-refractivity contribution in [1.82, 2.24) is 0 Å². The predicted molar refractivity (Wildman–Crippen MR) is 185 cm³/mol. The fraction of sp³-hybridized carbons (Fsp3) is 0.325. The molecule has 0 saturated heterocycles. The van der Waals surface area contributed by atoms with Crippen molar-refractivity contribution in [3.8, 4) is 0 Å². The van der Waals surface area contributed by atoms with Gasteiger partial charge in [-0.3, -0.25) is 0 Å². The number of hydrogen-bond acceptors (Lipinski definition) is 1. The largest absolute Gasteiger partial charge is 0.347 e. The van der Waals surface area contributed by atoms with E-state index in [1.54, 1.807) is 0 Å². The van der Waals surface area contributed by atoms with E-state index in [0.29, 0.717) is 5.92 Å². The molecule has 0 amide bonds. The number of allylic oxidation sites excluding steroid dienone is 4. The van der Waals surface area contributed by atoms with Gasteiger partial charge in [0.25, 0.3) is 0 Å². The first-order valence-corrected chi connectivity index (χ1v) is 16.1. The Morgan fingerprint density at radius 1 is 0.907 bits per heavy atom. The number of fused-ring (bicyclic) bond motifs is 4. The topological polar surface area (TPSA) is 6.25 Å². The normalized spacial score (nSPS) is 20.2. The van der Waals surface area contributed by atoms with Crippen LogP contribution in [0.2, 0.25) is 5.02 Å². The number of hydrogen-bond donors (Lipinski definition) is 0. The molecule has 43 heavy (non-hydrogen) atoms. The molecular weight excluding hydrogens is 544 g/mol. The fourth-order valence-corrected chi connectivity index (χ4v) is 7.67. The summed E-state index contributed by atoms with van der Waals surface area (Å²) < 4.78 is 2.53. The fourth-order valence-electron chi connectivity index (χ4n) is 7.50. The van der Waals surface area contributed by atoms with Crippen molar-refractivity contribution >= 4 is 39.5 Å². The summed E-state index contributed by atoms with van der Waals surface area (Å²) in [4.78, 5) is 2.41. The van der Waals surface area contributed by atoms with Crippen LogP contribution in [-0.4, -0.2) is 23.9 Å². The Labute approximate surface area is 263 Å². The van der Waals surface area contributed by atoms with E-state index in [1.165, 1.54) is 56.7 Å². The van der Waals surface area contributed by atoms with Gasteiger partial charge in [-0.15, -0.1) is 0 Å². The van der Waals surface area contributed by atoms with Gasteiger partial charge in [-0.2, -0.15) is 4.58 Å². The standard InChI is InChI=1S/C40H44ClN2/c1-28(2)14-13-25-43-34-24-22-31(41)26-33(34)39(3,4)36(43)19-12-20-37-40(5,27-29-15-8-7-9-16-29)38-32-18-11-10-17-30(32)21-23-35(38)42(37)6/h7-12,15-24,26,28H,13-14,25,27H2,1-6H3/q+1. The zero-order chi connectivity index (χ0) is 30.4. The first kappa shape index (κ1) is 29.5. The summed E-state index contributed by atoms with van der Waals surface area (Å²) >= 11 is 6.52. The molecule has 0 spiro atoms. The summed E-state index contributed by atoms with van der Waals surface area (Å²) in [5.41, 5.74) is 9.00. The molecule has 1 unspecified atom stereocenters. The van der Waals surface area contributed by atoms with Gasteiger partial charge in [-0.1, -0.05) is 92.2 Å². The van der Waals surface area contributed by atoms with Crippen molar-refractivity contribution in [3.05, 3.63) is 131 Å². The van der Waals surface area contributed by atoms with E-state index in [9.17, 15) is 0 Å². The molecule has 2 aliphatic rings. The van der Waals surface area contributed by atoms with Gasteiger partial charge in [-0.05, 0) is 85.7 Å². The third-order valence-corrected chi connectivity index (χ3v) is 9.91. The number of nitrogens with zero attached hydrogens (tertiary/aromatic N) is 2. The lowest BCUT2D eigenvalue weighted by Crippen LogP contribution is -2.29. The summed E-state index contributed by atoms with van der Waals surface area (Å²) in [5.74, 6) is 0.696. The maximum atomic E-state index is 6.52. The van der Waals surface area contributed by atoms with Crippen molar-refractivity contribution in [2.45, 2.75) is 64.7 Å². The number of likely N-dealkylation sites (N-methyl/N-ethyl adjacent to an activating group) is 1. The van der Waals surface area contributed by atoms with Crippen LogP contribution in [0.4, 0.5) is 11.4 Å². The molecule has 2 nitrogen and oxygen atoms in total. The van der Waals surface area contributed by atoms with Gasteiger partial charge < -0.3 is 4.90 Å². The Balaban J connectivity index is 1.45. The number of benzene rings is 4. The summed E-state index contributed by atoms with van der Waals surface area (Å²) in [5, 5.41) is 3.44. The molecule has 0 aromatic heterocycles. The molecule has 4 aromatic carbocycles. The first-order valence-electron chi connectivity index (χ1n) is 15.7. The highest BCUT2D eigenvalue weighted by Crippen LogP contribution is 2.52. The molecule has 0 aliphatic carbocycles. The molecule has 1 atom stereocenters. The molecule has 220 valence electrons. The van der Waals surface area contributed by atoms with E-state index in [4.69, 9.17) is 11.6 Å². The van der Waals surface area contributed by atoms with Crippen molar-refractivity contribution < 1.29 is 4.58 Å². The minimum absolute atomic E-state index is 0.138. The van der Waals surface area contributed by atoms with Crippen LogP contribution in [0.1, 0.15) is 64.2 Å². The van der Waals surface area contributed by atoms with Gasteiger partial charge in [0.2, 0.25) is 5.69 Å². The van der Waals surface area contributed by atoms with Crippen LogP contribution in [0, 0.1) is 5.92 Å². The molecule has 0 fully saturated rings. The molecule has 3 heteroatoms. The Morgan fingerprint density at radius 2 is 1.65 bits per heavy atom. The second-order valence-corrected chi connectivity index (χ2v) is 13.9. The van der Waals surface area contributed by atoms with Crippen LogP contribution in [-0.2, 0) is 17.3 Å². The van der Waals surface area contributed by atoms with Crippen molar-refractivity contribution in [2.24, 2.45) is 5.92 Å². The minimum Gasteiger partial charge on any atom is -0.347 e. The predicted octanol–water partition coefficient (Wildman–Crippen LogP) is 10.4. The zero-order valence-corrected chi connectivity index (χ0v) is 27.2. The average Bonchev–Trinajstić information content (AvgIpc) is 3.32. The summed E-state index contributed by atoms with van der Waals surface area (Å²) in [6.07, 6.45) is 10.3. The second kappa shape index (κ2) is 11.5. The highest BCUT2D eigenvalue weighted by molar-refractivity contribution is 6.30. The third kappa shape index (κ3) is 5.25. The molecule has 0 bridgehead atoms. The van der Waals surface area contributed by atoms with Gasteiger partial charge >= 0.3 is 0 Å². The second-order valence-electron chi connectivity index (χ2n) is 13.5. The van der Waals surface area contributed by atoms with E-state index < -0.39 is 0 Å². The van der Waals surface area contributed by atoms with E-state index in [0.717, 1.165) is 24.4 Å². The van der Waals surface area contributed by atoms with Gasteiger partial charge in [0.1, 0.15) is 6.54 Å². The quantitative estimate of drug-likeness (QED) is 0.186. The zero-order valence-electron chi connectivity index (χ0n) is 26.5. The molecular formula is C40H44ClN2+. The van der Waals surface area contributed by atoms with E-state index in [-0.39, 0.29) is 10.8 Å². The maximum Gasteiger partial charge on any atom is 0.209 e. The molecule has 2 aliphatic heterocycles. The number of halogens is 1. The number of rotatable bonds is 8. The van der Waals surface area contributed by atoms with E-state index in [2.05, 4.69) is 148 Å². The van der Waals surface area contributed by atoms with Crippen LogP contribution in [0.3, 0.4) is 0 Å². The lowest BCUT2D eigenvalue weighted by molar-refractivity contribution is -0.438. The molecule has 0 saturated carbocycles. The van der Waals surface area contributed by atoms with Gasteiger partial charge in [0, 0.05) is 53.0 Å². The van der Waals surface area contributed by atoms with Crippen molar-refractivity contribution in [1.29, 1.82) is 0 Å². The lowest BCUT2D eigenvalue weighted by atomic mass is 9.74. The number of anilines is 1. The Kier molecular flexibility index (Phi) is 7.86. The first-order chi connectivity index (χ1) is 20.6. The molecule has 0 radical (unpaired) electrons. The molecule has 0 N–H and O–H groups in total. The third-order valence-electron chi connectivity index (χ3n) is 9.67. The summed E-state index contributed by atoms with van der Waals surface area (Å²) in [6, 6.07) is 30.7. The maximum absolute atomic E-state index is 6.52. The summed E-state index contributed by atoms with van der Waals surface area (Å²) in [6.45, 7) is 12.7. The average molecular weight is 588 g/mol. The van der Waals surface area contributed by atoms with Gasteiger partial charge in [0.05, 0.1) is 5.41 Å². The Hall–Kier alpha value is -3.62. The van der Waals surface area contributed by atoms with Gasteiger partial charge in [0.15, 0.2) is 5.71 Å². The highest BCUT2D eigenvalue weighted by Gasteiger charge is 2.45. The Morgan fingerprint density at radius 3 is 2.42 bits per heavy atom. The minimum atomic E-state index is -0.181. The van der Waals surface area contributed by atoms with Crippen LogP contribution in [0.15, 0.2) is 109 Å². The molecule has 2 heterocycles. The highest BCUT2D eigenvalue weighted by atomic mass is 35.5. The van der Waals surface area contributed by atoms with E-state index >= 15 is 0 Å². The molecule has 4 aromatic rings. The monoisotopic (exact) mass is 587 g/mol. The van der Waals surface area contributed by atoms with Crippen LogP contribution in [0.25, 0.3) is 10.8 Å². The van der Waals surface area contributed by atoms with E-state index in [1.807, 2.05) is 6.07 Å². The van der Waals surface area contributed by atoms with Crippen LogP contribution >= 0.6 is 11.6 Å². The Bertz CT molecular complexity index is 1760. The van der Waals surface area contributed by atoms with Crippen molar-refractivity contribution in [2.75, 3.05) is 18.5 Å². The van der Waals surface area contributed by atoms with Crippen LogP contribution in [0.5, 0.6) is 0 Å².